The largest absolute Gasteiger partial charge is 0.355 e. The Bertz CT molecular complexity index is 736. The van der Waals surface area contributed by atoms with Crippen LogP contribution < -0.4 is 10.6 Å². The zero-order chi connectivity index (χ0) is 21.6. The molecule has 1 heterocycles. The number of piperidine rings is 1. The highest BCUT2D eigenvalue weighted by molar-refractivity contribution is 5.94. The standard InChI is InChI=1S/C25H39N3O2/c1-4-28(5-2)23(29)9-7-6-8-20-17-25(12-14-27-15-13-25)18-21-11-10-19(16-22(20)21)24(30)26-3/h10-11,16,20,27H,4-9,12-15,17-18H2,1-3H3,(H,26,30). The van der Waals surface area contributed by atoms with E-state index in [2.05, 4.69) is 22.8 Å². The predicted molar refractivity (Wildman–Crippen MR) is 122 cm³/mol. The van der Waals surface area contributed by atoms with Gasteiger partial charge in [0, 0.05) is 32.1 Å². The first-order chi connectivity index (χ1) is 14.5. The minimum absolute atomic E-state index is 0.0106. The highest BCUT2D eigenvalue weighted by Gasteiger charge is 2.39. The van der Waals surface area contributed by atoms with E-state index in [0.29, 0.717) is 17.8 Å². The highest BCUT2D eigenvalue weighted by atomic mass is 16.2. The van der Waals surface area contributed by atoms with Gasteiger partial charge in [-0.25, -0.2) is 0 Å². The van der Waals surface area contributed by atoms with Crippen LogP contribution in [0.5, 0.6) is 0 Å². The Balaban J connectivity index is 1.71. The number of carbonyl (C=O) groups is 2. The summed E-state index contributed by atoms with van der Waals surface area (Å²) in [5.41, 5.74) is 3.96. The minimum Gasteiger partial charge on any atom is -0.355 e. The van der Waals surface area contributed by atoms with Crippen LogP contribution in [0.3, 0.4) is 0 Å². The number of rotatable bonds is 8. The van der Waals surface area contributed by atoms with Crippen molar-refractivity contribution in [2.75, 3.05) is 33.2 Å². The van der Waals surface area contributed by atoms with E-state index >= 15 is 0 Å². The van der Waals surface area contributed by atoms with E-state index in [1.54, 1.807) is 7.05 Å². The lowest BCUT2D eigenvalue weighted by atomic mass is 9.62. The zero-order valence-corrected chi connectivity index (χ0v) is 19.1. The lowest BCUT2D eigenvalue weighted by molar-refractivity contribution is -0.130. The molecule has 0 saturated carbocycles. The Kier molecular flexibility index (Phi) is 7.93. The Morgan fingerprint density at radius 2 is 1.90 bits per heavy atom. The van der Waals surface area contributed by atoms with Gasteiger partial charge in [0.1, 0.15) is 0 Å². The van der Waals surface area contributed by atoms with Crippen molar-refractivity contribution in [2.45, 2.75) is 71.1 Å². The van der Waals surface area contributed by atoms with Crippen molar-refractivity contribution >= 4 is 11.8 Å². The van der Waals surface area contributed by atoms with Crippen LogP contribution in [0.15, 0.2) is 18.2 Å². The summed E-state index contributed by atoms with van der Waals surface area (Å²) >= 11 is 0. The summed E-state index contributed by atoms with van der Waals surface area (Å²) in [5, 5.41) is 6.27. The summed E-state index contributed by atoms with van der Waals surface area (Å²) < 4.78 is 0. The lowest BCUT2D eigenvalue weighted by Gasteiger charge is -2.45. The quantitative estimate of drug-likeness (QED) is 0.636. The fourth-order valence-electron chi connectivity index (χ4n) is 5.53. The predicted octanol–water partition coefficient (Wildman–Crippen LogP) is 3.87. The molecule has 1 spiro atoms. The molecule has 166 valence electrons. The molecule has 1 unspecified atom stereocenters. The molecule has 1 aromatic carbocycles. The monoisotopic (exact) mass is 413 g/mol. The molecule has 0 radical (unpaired) electrons. The number of carbonyl (C=O) groups excluding carboxylic acids is 2. The van der Waals surface area contributed by atoms with Gasteiger partial charge in [-0.15, -0.1) is 0 Å². The summed E-state index contributed by atoms with van der Waals surface area (Å²) in [4.78, 5) is 26.4. The van der Waals surface area contributed by atoms with Gasteiger partial charge < -0.3 is 15.5 Å². The van der Waals surface area contributed by atoms with Gasteiger partial charge in [-0.2, -0.15) is 0 Å². The second-order valence-corrected chi connectivity index (χ2v) is 9.13. The summed E-state index contributed by atoms with van der Waals surface area (Å²) in [7, 11) is 1.69. The van der Waals surface area contributed by atoms with Crippen LogP contribution in [0.1, 0.15) is 86.2 Å². The number of unbranched alkanes of at least 4 members (excludes halogenated alkanes) is 1. The number of hydrogen-bond acceptors (Lipinski definition) is 3. The Morgan fingerprint density at radius 1 is 1.17 bits per heavy atom. The normalized spacial score (nSPS) is 19.9. The molecule has 1 atom stereocenters. The zero-order valence-electron chi connectivity index (χ0n) is 19.1. The molecular weight excluding hydrogens is 374 g/mol. The number of hydrogen-bond donors (Lipinski definition) is 2. The van der Waals surface area contributed by atoms with Crippen LogP contribution in [0.2, 0.25) is 0 Å². The van der Waals surface area contributed by atoms with E-state index in [1.165, 1.54) is 30.4 Å². The van der Waals surface area contributed by atoms with Gasteiger partial charge in [-0.1, -0.05) is 12.5 Å². The second-order valence-electron chi connectivity index (χ2n) is 9.13. The number of fused-ring (bicyclic) bond motifs is 1. The average Bonchev–Trinajstić information content (AvgIpc) is 2.77. The molecule has 1 aromatic rings. The van der Waals surface area contributed by atoms with E-state index in [0.717, 1.165) is 57.4 Å². The third-order valence-corrected chi connectivity index (χ3v) is 7.29. The van der Waals surface area contributed by atoms with Crippen molar-refractivity contribution in [1.82, 2.24) is 15.5 Å². The fourth-order valence-corrected chi connectivity index (χ4v) is 5.53. The fraction of sp³-hybridized carbons (Fsp3) is 0.680. The molecule has 1 fully saturated rings. The van der Waals surface area contributed by atoms with Gasteiger partial charge in [0.15, 0.2) is 0 Å². The van der Waals surface area contributed by atoms with Crippen molar-refractivity contribution in [3.63, 3.8) is 0 Å². The number of nitrogens with one attached hydrogen (secondary N) is 2. The molecule has 1 aliphatic carbocycles. The molecule has 5 heteroatoms. The number of nitrogens with zero attached hydrogens (tertiary/aromatic N) is 1. The van der Waals surface area contributed by atoms with E-state index < -0.39 is 0 Å². The van der Waals surface area contributed by atoms with Crippen molar-refractivity contribution in [3.05, 3.63) is 34.9 Å². The molecule has 30 heavy (non-hydrogen) atoms. The van der Waals surface area contributed by atoms with Crippen molar-refractivity contribution in [1.29, 1.82) is 0 Å². The van der Waals surface area contributed by atoms with Crippen LogP contribution in [-0.2, 0) is 11.2 Å². The molecule has 2 aliphatic rings. The third-order valence-electron chi connectivity index (χ3n) is 7.29. The minimum atomic E-state index is -0.0106. The van der Waals surface area contributed by atoms with Gasteiger partial charge >= 0.3 is 0 Å². The molecule has 5 nitrogen and oxygen atoms in total. The van der Waals surface area contributed by atoms with Crippen LogP contribution >= 0.6 is 0 Å². The van der Waals surface area contributed by atoms with Gasteiger partial charge in [-0.3, -0.25) is 9.59 Å². The van der Waals surface area contributed by atoms with Crippen molar-refractivity contribution in [3.8, 4) is 0 Å². The van der Waals surface area contributed by atoms with Crippen molar-refractivity contribution < 1.29 is 9.59 Å². The highest BCUT2D eigenvalue weighted by Crippen LogP contribution is 2.49. The molecule has 1 aliphatic heterocycles. The van der Waals surface area contributed by atoms with E-state index in [-0.39, 0.29) is 11.8 Å². The first kappa shape index (κ1) is 22.8. The van der Waals surface area contributed by atoms with Gasteiger partial charge in [0.05, 0.1) is 0 Å². The van der Waals surface area contributed by atoms with Crippen molar-refractivity contribution in [2.24, 2.45) is 5.41 Å². The second kappa shape index (κ2) is 10.4. The smallest absolute Gasteiger partial charge is 0.251 e. The average molecular weight is 414 g/mol. The lowest BCUT2D eigenvalue weighted by Crippen LogP contribution is -2.41. The van der Waals surface area contributed by atoms with Crippen LogP contribution in [0.4, 0.5) is 0 Å². The van der Waals surface area contributed by atoms with Gasteiger partial charge in [-0.05, 0) is 100 Å². The number of benzene rings is 1. The summed E-state index contributed by atoms with van der Waals surface area (Å²) in [5.74, 6) is 0.754. The van der Waals surface area contributed by atoms with Crippen LogP contribution in [-0.4, -0.2) is 49.9 Å². The summed E-state index contributed by atoms with van der Waals surface area (Å²) in [6, 6.07) is 6.31. The first-order valence-corrected chi connectivity index (χ1v) is 11.9. The molecular formula is C25H39N3O2. The molecule has 2 N–H and O–H groups in total. The maximum atomic E-state index is 12.3. The third kappa shape index (κ3) is 5.23. The molecule has 1 saturated heterocycles. The Hall–Kier alpha value is -1.88. The maximum Gasteiger partial charge on any atom is 0.251 e. The number of amides is 2. The molecule has 0 aromatic heterocycles. The first-order valence-electron chi connectivity index (χ1n) is 11.9. The SMILES string of the molecule is CCN(CC)C(=O)CCCCC1CC2(CCNCC2)Cc2ccc(C(=O)NC)cc21. The van der Waals surface area contributed by atoms with E-state index in [9.17, 15) is 9.59 Å². The van der Waals surface area contributed by atoms with E-state index in [1.807, 2.05) is 24.8 Å². The van der Waals surface area contributed by atoms with Gasteiger partial charge in [0.25, 0.3) is 5.91 Å². The van der Waals surface area contributed by atoms with E-state index in [4.69, 9.17) is 0 Å². The Labute approximate surface area is 182 Å². The Morgan fingerprint density at radius 3 is 2.57 bits per heavy atom. The summed E-state index contributed by atoms with van der Waals surface area (Å²) in [6.07, 6.45) is 8.58. The molecule has 3 rings (SSSR count). The van der Waals surface area contributed by atoms with Gasteiger partial charge in [0.2, 0.25) is 5.91 Å². The van der Waals surface area contributed by atoms with Crippen LogP contribution in [0, 0.1) is 5.41 Å². The summed E-state index contributed by atoms with van der Waals surface area (Å²) in [6.45, 7) is 7.90. The van der Waals surface area contributed by atoms with Crippen LogP contribution in [0.25, 0.3) is 0 Å². The topological polar surface area (TPSA) is 61.4 Å². The molecule has 2 amide bonds. The molecule has 0 bridgehead atoms. The maximum absolute atomic E-state index is 12.3.